The first-order valence-electron chi connectivity index (χ1n) is 7.74. The average molecular weight is 311 g/mol. The van der Waals surface area contributed by atoms with Crippen molar-refractivity contribution >= 4 is 18.3 Å². The number of hydrogen-bond donors (Lipinski definition) is 1. The number of carbonyl (C=O) groups is 1. The van der Waals surface area contributed by atoms with E-state index in [2.05, 4.69) is 43.4 Å². The highest BCUT2D eigenvalue weighted by Gasteiger charge is 2.18. The zero-order valence-electron chi connectivity index (χ0n) is 13.1. The van der Waals surface area contributed by atoms with Crippen molar-refractivity contribution in [1.82, 2.24) is 10.2 Å². The van der Waals surface area contributed by atoms with Crippen molar-refractivity contribution in [2.75, 3.05) is 19.6 Å². The van der Waals surface area contributed by atoms with Crippen molar-refractivity contribution in [2.45, 2.75) is 45.6 Å². The lowest BCUT2D eigenvalue weighted by Gasteiger charge is -2.15. The van der Waals surface area contributed by atoms with Crippen LogP contribution < -0.4 is 5.32 Å². The van der Waals surface area contributed by atoms with E-state index in [1.165, 1.54) is 11.1 Å². The Morgan fingerprint density at radius 1 is 1.24 bits per heavy atom. The van der Waals surface area contributed by atoms with Crippen LogP contribution in [0.25, 0.3) is 0 Å². The van der Waals surface area contributed by atoms with Gasteiger partial charge >= 0.3 is 0 Å². The molecule has 1 fully saturated rings. The van der Waals surface area contributed by atoms with Crippen molar-refractivity contribution in [2.24, 2.45) is 0 Å². The third-order valence-electron chi connectivity index (χ3n) is 3.93. The maximum Gasteiger partial charge on any atom is 0.222 e. The SMILES string of the molecule is CC(C)c1ccc(CNCCCN2CCCC2=O)cc1.Cl. The number of halogens is 1. The molecule has 0 unspecified atom stereocenters. The molecule has 1 aliphatic heterocycles. The van der Waals surface area contributed by atoms with Crippen LogP contribution in [0.3, 0.4) is 0 Å². The molecule has 0 saturated carbocycles. The fraction of sp³-hybridized carbons (Fsp3) is 0.588. The first kappa shape index (κ1) is 18.0. The molecular weight excluding hydrogens is 284 g/mol. The molecule has 4 heteroatoms. The molecule has 1 aliphatic rings. The van der Waals surface area contributed by atoms with Gasteiger partial charge in [-0.15, -0.1) is 12.4 Å². The number of benzene rings is 1. The predicted octanol–water partition coefficient (Wildman–Crippen LogP) is 3.33. The van der Waals surface area contributed by atoms with Crippen LogP contribution >= 0.6 is 12.4 Å². The van der Waals surface area contributed by atoms with Gasteiger partial charge in [0.2, 0.25) is 5.91 Å². The van der Waals surface area contributed by atoms with Gasteiger partial charge in [0.1, 0.15) is 0 Å². The Morgan fingerprint density at radius 3 is 2.52 bits per heavy atom. The quantitative estimate of drug-likeness (QED) is 0.783. The van der Waals surface area contributed by atoms with E-state index < -0.39 is 0 Å². The summed E-state index contributed by atoms with van der Waals surface area (Å²) >= 11 is 0. The smallest absolute Gasteiger partial charge is 0.222 e. The van der Waals surface area contributed by atoms with Gasteiger partial charge in [-0.3, -0.25) is 4.79 Å². The first-order chi connectivity index (χ1) is 9.66. The number of nitrogens with one attached hydrogen (secondary N) is 1. The molecule has 1 heterocycles. The maximum atomic E-state index is 11.5. The highest BCUT2D eigenvalue weighted by Crippen LogP contribution is 2.14. The lowest BCUT2D eigenvalue weighted by atomic mass is 10.0. The predicted molar refractivity (Wildman–Crippen MR) is 89.9 cm³/mol. The molecule has 0 aromatic heterocycles. The second-order valence-electron chi connectivity index (χ2n) is 5.91. The normalized spacial score (nSPS) is 14.6. The largest absolute Gasteiger partial charge is 0.343 e. The summed E-state index contributed by atoms with van der Waals surface area (Å²) in [4.78, 5) is 13.4. The van der Waals surface area contributed by atoms with Crippen LogP contribution in [0.4, 0.5) is 0 Å². The van der Waals surface area contributed by atoms with Crippen LogP contribution in [-0.2, 0) is 11.3 Å². The molecule has 1 saturated heterocycles. The highest BCUT2D eigenvalue weighted by molar-refractivity contribution is 5.85. The Bertz CT molecular complexity index is 431. The Balaban J connectivity index is 0.00000220. The average Bonchev–Trinajstić information content (AvgIpc) is 2.84. The van der Waals surface area contributed by atoms with Crippen LogP contribution in [0, 0.1) is 0 Å². The molecule has 0 bridgehead atoms. The Labute approximate surface area is 134 Å². The minimum atomic E-state index is 0. The molecule has 0 radical (unpaired) electrons. The standard InChI is InChI=1S/C17H26N2O.ClH/c1-14(2)16-8-6-15(7-9-16)13-18-10-4-12-19-11-3-5-17(19)20;/h6-9,14,18H,3-5,10-13H2,1-2H3;1H. The number of hydrogen-bond acceptors (Lipinski definition) is 2. The Morgan fingerprint density at radius 2 is 1.95 bits per heavy atom. The Hall–Kier alpha value is -1.06. The molecule has 0 spiro atoms. The maximum absolute atomic E-state index is 11.5. The number of rotatable bonds is 7. The van der Waals surface area contributed by atoms with Crippen LogP contribution in [0.5, 0.6) is 0 Å². The molecule has 1 aromatic carbocycles. The summed E-state index contributed by atoms with van der Waals surface area (Å²) in [5, 5.41) is 3.45. The van der Waals surface area contributed by atoms with Crippen LogP contribution in [-0.4, -0.2) is 30.4 Å². The molecule has 1 N–H and O–H groups in total. The number of amides is 1. The van der Waals surface area contributed by atoms with Gasteiger partial charge in [-0.1, -0.05) is 38.1 Å². The fourth-order valence-corrected chi connectivity index (χ4v) is 2.59. The second-order valence-corrected chi connectivity index (χ2v) is 5.91. The van der Waals surface area contributed by atoms with Gasteiger partial charge < -0.3 is 10.2 Å². The van der Waals surface area contributed by atoms with E-state index in [-0.39, 0.29) is 12.4 Å². The van der Waals surface area contributed by atoms with Gasteiger partial charge in [0.05, 0.1) is 0 Å². The van der Waals surface area contributed by atoms with Gasteiger partial charge in [-0.05, 0) is 36.4 Å². The molecule has 0 aliphatic carbocycles. The summed E-state index contributed by atoms with van der Waals surface area (Å²) in [5.41, 5.74) is 2.72. The van der Waals surface area contributed by atoms with Crippen LogP contribution in [0.1, 0.15) is 50.2 Å². The molecule has 1 amide bonds. The van der Waals surface area contributed by atoms with Crippen molar-refractivity contribution in [3.8, 4) is 0 Å². The summed E-state index contributed by atoms with van der Waals surface area (Å²) in [6, 6.07) is 8.83. The lowest BCUT2D eigenvalue weighted by Crippen LogP contribution is -2.28. The van der Waals surface area contributed by atoms with E-state index in [4.69, 9.17) is 0 Å². The van der Waals surface area contributed by atoms with E-state index in [1.54, 1.807) is 0 Å². The third-order valence-corrected chi connectivity index (χ3v) is 3.93. The van der Waals surface area contributed by atoms with Gasteiger partial charge in [-0.25, -0.2) is 0 Å². The van der Waals surface area contributed by atoms with Gasteiger partial charge in [0, 0.05) is 26.1 Å². The van der Waals surface area contributed by atoms with E-state index >= 15 is 0 Å². The summed E-state index contributed by atoms with van der Waals surface area (Å²) in [5.74, 6) is 0.921. The van der Waals surface area contributed by atoms with Crippen molar-refractivity contribution < 1.29 is 4.79 Å². The van der Waals surface area contributed by atoms with Gasteiger partial charge in [0.15, 0.2) is 0 Å². The Kier molecular flexibility index (Phi) is 7.76. The first-order valence-corrected chi connectivity index (χ1v) is 7.74. The van der Waals surface area contributed by atoms with E-state index in [9.17, 15) is 4.79 Å². The highest BCUT2D eigenvalue weighted by atomic mass is 35.5. The molecule has 1 aromatic rings. The van der Waals surface area contributed by atoms with Crippen LogP contribution in [0.15, 0.2) is 24.3 Å². The minimum absolute atomic E-state index is 0. The van der Waals surface area contributed by atoms with Crippen molar-refractivity contribution in [3.63, 3.8) is 0 Å². The molecule has 2 rings (SSSR count). The second kappa shape index (κ2) is 9.06. The molecule has 0 atom stereocenters. The molecule has 3 nitrogen and oxygen atoms in total. The summed E-state index contributed by atoms with van der Waals surface area (Å²) in [6.45, 7) is 8.16. The van der Waals surface area contributed by atoms with E-state index in [1.807, 2.05) is 4.90 Å². The van der Waals surface area contributed by atoms with E-state index in [0.717, 1.165) is 45.4 Å². The summed E-state index contributed by atoms with van der Waals surface area (Å²) in [6.07, 6.45) is 2.82. The molecule has 21 heavy (non-hydrogen) atoms. The lowest BCUT2D eigenvalue weighted by molar-refractivity contribution is -0.127. The van der Waals surface area contributed by atoms with Crippen molar-refractivity contribution in [1.29, 1.82) is 0 Å². The van der Waals surface area contributed by atoms with Gasteiger partial charge in [-0.2, -0.15) is 0 Å². The number of nitrogens with zero attached hydrogens (tertiary/aromatic N) is 1. The zero-order valence-corrected chi connectivity index (χ0v) is 13.9. The fourth-order valence-electron chi connectivity index (χ4n) is 2.59. The molecular formula is C17H27ClN2O. The third kappa shape index (κ3) is 5.68. The number of likely N-dealkylation sites (tertiary alicyclic amines) is 1. The topological polar surface area (TPSA) is 32.3 Å². The van der Waals surface area contributed by atoms with E-state index in [0.29, 0.717) is 11.8 Å². The summed E-state index contributed by atoms with van der Waals surface area (Å²) in [7, 11) is 0. The van der Waals surface area contributed by atoms with Gasteiger partial charge in [0.25, 0.3) is 0 Å². The minimum Gasteiger partial charge on any atom is -0.343 e. The zero-order chi connectivity index (χ0) is 14.4. The molecule has 118 valence electrons. The monoisotopic (exact) mass is 310 g/mol. The summed E-state index contributed by atoms with van der Waals surface area (Å²) < 4.78 is 0. The van der Waals surface area contributed by atoms with Crippen molar-refractivity contribution in [3.05, 3.63) is 35.4 Å². The van der Waals surface area contributed by atoms with Crippen LogP contribution in [0.2, 0.25) is 0 Å². The number of carbonyl (C=O) groups excluding carboxylic acids is 1.